The number of hydrogen-bond acceptors (Lipinski definition) is 4. The monoisotopic (exact) mass is 510 g/mol. The largest absolute Gasteiger partial charge is 0.244 e. The second-order valence-electron chi connectivity index (χ2n) is 7.64. The lowest BCUT2D eigenvalue weighted by atomic mass is 10.2. The molecular weight excluding hydrogens is 480 g/mol. The van der Waals surface area contributed by atoms with E-state index in [1.54, 1.807) is 73.7 Å². The van der Waals surface area contributed by atoms with Crippen molar-refractivity contribution in [1.29, 1.82) is 0 Å². The van der Waals surface area contributed by atoms with Gasteiger partial charge in [-0.05, 0) is 45.0 Å². The molecule has 6 nitrogen and oxygen atoms in total. The third kappa shape index (κ3) is 7.95. The Labute approximate surface area is 210 Å². The van der Waals surface area contributed by atoms with Gasteiger partial charge in [0.05, 0.1) is 29.4 Å². The maximum atomic E-state index is 13.2. The Bertz CT molecular complexity index is 1370. The quantitative estimate of drug-likeness (QED) is 0.360. The van der Waals surface area contributed by atoms with Crippen LogP contribution in [-0.2, 0) is 20.0 Å². The SMILES string of the molecule is C=C/C=C/CN(CC#CCN(CC#CC)S(=O)(=O)c1ccc(C)cc1)S(=O)(=O)c1ccc(C)cc1. The Balaban J connectivity index is 2.27. The molecule has 0 saturated heterocycles. The Morgan fingerprint density at radius 1 is 0.743 bits per heavy atom. The maximum Gasteiger partial charge on any atom is 0.244 e. The first-order valence-electron chi connectivity index (χ1n) is 10.9. The highest BCUT2D eigenvalue weighted by Crippen LogP contribution is 2.17. The van der Waals surface area contributed by atoms with Crippen LogP contribution in [-0.4, -0.2) is 51.6 Å². The third-order valence-electron chi connectivity index (χ3n) is 4.97. The number of hydrogen-bond donors (Lipinski definition) is 0. The van der Waals surface area contributed by atoms with Crippen molar-refractivity contribution in [3.05, 3.63) is 84.5 Å². The second-order valence-corrected chi connectivity index (χ2v) is 11.5. The minimum Gasteiger partial charge on any atom is -0.207 e. The minimum atomic E-state index is -3.81. The maximum absolute atomic E-state index is 13.2. The van der Waals surface area contributed by atoms with Crippen LogP contribution in [0.25, 0.3) is 0 Å². The first-order valence-corrected chi connectivity index (χ1v) is 13.8. The van der Waals surface area contributed by atoms with E-state index in [1.165, 1.54) is 8.61 Å². The van der Waals surface area contributed by atoms with E-state index in [1.807, 2.05) is 13.8 Å². The van der Waals surface area contributed by atoms with Gasteiger partial charge < -0.3 is 0 Å². The Morgan fingerprint density at radius 3 is 1.63 bits per heavy atom. The molecule has 0 heterocycles. The molecule has 0 saturated carbocycles. The molecule has 0 aliphatic heterocycles. The van der Waals surface area contributed by atoms with Crippen molar-refractivity contribution in [2.24, 2.45) is 0 Å². The van der Waals surface area contributed by atoms with E-state index in [0.29, 0.717) is 0 Å². The summed E-state index contributed by atoms with van der Waals surface area (Å²) in [5.41, 5.74) is 1.90. The topological polar surface area (TPSA) is 74.8 Å². The van der Waals surface area contributed by atoms with Gasteiger partial charge in [0.15, 0.2) is 0 Å². The van der Waals surface area contributed by atoms with E-state index in [2.05, 4.69) is 30.3 Å². The number of allylic oxidation sites excluding steroid dienone is 2. The van der Waals surface area contributed by atoms with Gasteiger partial charge >= 0.3 is 0 Å². The van der Waals surface area contributed by atoms with E-state index in [0.717, 1.165) is 11.1 Å². The van der Waals surface area contributed by atoms with E-state index in [-0.39, 0.29) is 36.0 Å². The summed E-state index contributed by atoms with van der Waals surface area (Å²) in [6.07, 6.45) is 4.89. The molecule has 0 bridgehead atoms. The van der Waals surface area contributed by atoms with Crippen molar-refractivity contribution >= 4 is 20.0 Å². The fraction of sp³-hybridized carbons (Fsp3) is 0.259. The van der Waals surface area contributed by atoms with Gasteiger partial charge in [0, 0.05) is 6.54 Å². The molecule has 0 unspecified atom stereocenters. The first-order chi connectivity index (χ1) is 16.6. The molecule has 0 aliphatic rings. The summed E-state index contributed by atoms with van der Waals surface area (Å²) in [4.78, 5) is 0.319. The van der Waals surface area contributed by atoms with Crippen molar-refractivity contribution < 1.29 is 16.8 Å². The second kappa shape index (κ2) is 13.1. The summed E-state index contributed by atoms with van der Waals surface area (Å²) in [6, 6.07) is 13.1. The standard InChI is InChI=1S/C27H30N2O4S2/c1-5-7-9-21-29(35(32,33)27-18-14-25(4)15-19-27)23-11-10-22-28(20-8-6-2)34(30,31)26-16-12-24(3)13-17-26/h5,7,9,12-19H,1,20-23H2,2-4H3/b9-7+. The van der Waals surface area contributed by atoms with Crippen molar-refractivity contribution in [2.45, 2.75) is 30.6 Å². The number of sulfonamides is 2. The summed E-state index contributed by atoms with van der Waals surface area (Å²) in [7, 11) is -7.61. The summed E-state index contributed by atoms with van der Waals surface area (Å²) in [5.74, 6) is 11.1. The van der Waals surface area contributed by atoms with Crippen LogP contribution in [0.5, 0.6) is 0 Å². The molecule has 184 valence electrons. The predicted octanol–water partition coefficient (Wildman–Crippen LogP) is 3.75. The third-order valence-corrected chi connectivity index (χ3v) is 8.60. The van der Waals surface area contributed by atoms with Crippen LogP contribution in [0.4, 0.5) is 0 Å². The lowest BCUT2D eigenvalue weighted by Gasteiger charge is -2.19. The number of rotatable bonds is 10. The van der Waals surface area contributed by atoms with Gasteiger partial charge in [-0.1, -0.05) is 78.0 Å². The van der Waals surface area contributed by atoms with Gasteiger partial charge in [-0.2, -0.15) is 8.61 Å². The van der Waals surface area contributed by atoms with Gasteiger partial charge in [-0.3, -0.25) is 0 Å². The smallest absolute Gasteiger partial charge is 0.207 e. The zero-order valence-corrected chi connectivity index (χ0v) is 21.9. The van der Waals surface area contributed by atoms with Crippen LogP contribution in [0.2, 0.25) is 0 Å². The van der Waals surface area contributed by atoms with Gasteiger partial charge in [-0.25, -0.2) is 16.8 Å². The highest BCUT2D eigenvalue weighted by atomic mass is 32.2. The summed E-state index contributed by atoms with van der Waals surface area (Å²) in [6.45, 7) is 8.85. The number of aryl methyl sites for hydroxylation is 2. The van der Waals surface area contributed by atoms with Gasteiger partial charge in [0.2, 0.25) is 20.0 Å². The first kappa shape index (κ1) is 28.1. The van der Waals surface area contributed by atoms with Crippen LogP contribution in [0.1, 0.15) is 18.1 Å². The normalized spacial score (nSPS) is 11.7. The van der Waals surface area contributed by atoms with Crippen molar-refractivity contribution in [3.8, 4) is 23.7 Å². The van der Waals surface area contributed by atoms with Crippen LogP contribution < -0.4 is 0 Å². The van der Waals surface area contributed by atoms with Crippen molar-refractivity contribution in [3.63, 3.8) is 0 Å². The highest BCUT2D eigenvalue weighted by molar-refractivity contribution is 7.89. The number of benzene rings is 2. The molecule has 35 heavy (non-hydrogen) atoms. The summed E-state index contributed by atoms with van der Waals surface area (Å²) in [5, 5.41) is 0. The zero-order chi connectivity index (χ0) is 25.9. The van der Waals surface area contributed by atoms with Gasteiger partial charge in [-0.15, -0.1) is 5.92 Å². The molecule has 2 rings (SSSR count). The number of nitrogens with zero attached hydrogens (tertiary/aromatic N) is 2. The molecule has 0 fully saturated rings. The van der Waals surface area contributed by atoms with Crippen LogP contribution in [0.15, 0.2) is 83.1 Å². The molecule has 0 aromatic heterocycles. The molecule has 0 amide bonds. The molecule has 0 atom stereocenters. The molecule has 0 N–H and O–H groups in total. The fourth-order valence-electron chi connectivity index (χ4n) is 2.92. The fourth-order valence-corrected chi connectivity index (χ4v) is 5.46. The van der Waals surface area contributed by atoms with Crippen LogP contribution >= 0.6 is 0 Å². The lowest BCUT2D eigenvalue weighted by Crippen LogP contribution is -2.33. The van der Waals surface area contributed by atoms with Crippen molar-refractivity contribution in [1.82, 2.24) is 8.61 Å². The van der Waals surface area contributed by atoms with E-state index >= 15 is 0 Å². The van der Waals surface area contributed by atoms with Crippen molar-refractivity contribution in [2.75, 3.05) is 26.2 Å². The average Bonchev–Trinajstić information content (AvgIpc) is 2.82. The highest BCUT2D eigenvalue weighted by Gasteiger charge is 2.24. The molecule has 2 aromatic carbocycles. The van der Waals surface area contributed by atoms with Crippen LogP contribution in [0.3, 0.4) is 0 Å². The Morgan fingerprint density at radius 2 is 1.17 bits per heavy atom. The molecule has 0 spiro atoms. The van der Waals surface area contributed by atoms with Gasteiger partial charge in [0.1, 0.15) is 0 Å². The zero-order valence-electron chi connectivity index (χ0n) is 20.2. The molecule has 0 radical (unpaired) electrons. The van der Waals surface area contributed by atoms with E-state index in [4.69, 9.17) is 0 Å². The molecule has 2 aromatic rings. The van der Waals surface area contributed by atoms with E-state index in [9.17, 15) is 16.8 Å². The minimum absolute atomic E-state index is 0.0190. The Kier molecular flexibility index (Phi) is 10.5. The molecule has 0 aliphatic carbocycles. The summed E-state index contributed by atoms with van der Waals surface area (Å²) >= 11 is 0. The Hall–Kier alpha value is -3.14. The predicted molar refractivity (Wildman–Crippen MR) is 140 cm³/mol. The lowest BCUT2D eigenvalue weighted by molar-refractivity contribution is 0.474. The average molecular weight is 511 g/mol. The molecule has 8 heteroatoms. The summed E-state index contributed by atoms with van der Waals surface area (Å²) < 4.78 is 54.9. The van der Waals surface area contributed by atoms with E-state index < -0.39 is 20.0 Å². The molecular formula is C27H30N2O4S2. The van der Waals surface area contributed by atoms with Crippen LogP contribution in [0, 0.1) is 37.5 Å². The van der Waals surface area contributed by atoms with Gasteiger partial charge in [0.25, 0.3) is 0 Å².